The summed E-state index contributed by atoms with van der Waals surface area (Å²) >= 11 is 1.23. The summed E-state index contributed by atoms with van der Waals surface area (Å²) in [7, 11) is 0. The molecule has 2 N–H and O–H groups in total. The van der Waals surface area contributed by atoms with Gasteiger partial charge in [0.2, 0.25) is 5.91 Å². The van der Waals surface area contributed by atoms with Crippen molar-refractivity contribution in [2.24, 2.45) is 0 Å². The summed E-state index contributed by atoms with van der Waals surface area (Å²) in [6.45, 7) is 4.56. The molecule has 3 aromatic rings. The van der Waals surface area contributed by atoms with Crippen molar-refractivity contribution < 1.29 is 14.3 Å². The molecule has 0 radical (unpaired) electrons. The molecule has 1 fully saturated rings. The molecule has 1 saturated carbocycles. The van der Waals surface area contributed by atoms with Gasteiger partial charge < -0.3 is 10.1 Å². The van der Waals surface area contributed by atoms with Gasteiger partial charge >= 0.3 is 6.03 Å². The van der Waals surface area contributed by atoms with Gasteiger partial charge in [-0.15, -0.1) is 10.2 Å². The smallest absolute Gasteiger partial charge is 0.321 e. The van der Waals surface area contributed by atoms with Crippen LogP contribution in [0.3, 0.4) is 0 Å². The first kappa shape index (κ1) is 23.8. The maximum absolute atomic E-state index is 12.4. The predicted octanol–water partition coefficient (Wildman–Crippen LogP) is 4.50. The van der Waals surface area contributed by atoms with Crippen molar-refractivity contribution in [2.45, 2.75) is 50.7 Å². The number of benzene rings is 2. The Bertz CT molecular complexity index is 1140. The zero-order chi connectivity index (χ0) is 23.9. The third kappa shape index (κ3) is 5.96. The number of thioether (sulfide) groups is 1. The van der Waals surface area contributed by atoms with E-state index in [0.29, 0.717) is 17.6 Å². The molecule has 178 valence electrons. The van der Waals surface area contributed by atoms with Crippen LogP contribution in [0.4, 0.5) is 4.79 Å². The lowest BCUT2D eigenvalue weighted by molar-refractivity contribution is -0.117. The second-order valence-electron chi connectivity index (χ2n) is 8.23. The van der Waals surface area contributed by atoms with Crippen molar-refractivity contribution in [1.82, 2.24) is 25.4 Å². The molecule has 0 bridgehead atoms. The zero-order valence-electron chi connectivity index (χ0n) is 19.4. The summed E-state index contributed by atoms with van der Waals surface area (Å²) in [5, 5.41) is 14.6. The molecular weight excluding hydrogens is 450 g/mol. The SMILES string of the molecule is CCOc1ccc(-n2c(SCC(=O)NC(=O)NC3CCCC3)nnc2-c2cccc(C)c2)cc1. The highest BCUT2D eigenvalue weighted by Gasteiger charge is 2.20. The van der Waals surface area contributed by atoms with E-state index in [2.05, 4.69) is 20.8 Å². The minimum absolute atomic E-state index is 0.0427. The average molecular weight is 480 g/mol. The fraction of sp³-hybridized carbons (Fsp3) is 0.360. The lowest BCUT2D eigenvalue weighted by atomic mass is 10.1. The Hall–Kier alpha value is -3.33. The number of imide groups is 1. The molecule has 1 heterocycles. The minimum Gasteiger partial charge on any atom is -0.494 e. The van der Waals surface area contributed by atoms with Gasteiger partial charge in [-0.05, 0) is 57.0 Å². The van der Waals surface area contributed by atoms with Crippen molar-refractivity contribution in [3.05, 3.63) is 54.1 Å². The first-order chi connectivity index (χ1) is 16.5. The van der Waals surface area contributed by atoms with Crippen LogP contribution in [-0.4, -0.2) is 45.1 Å². The molecule has 1 aliphatic carbocycles. The molecule has 2 aromatic carbocycles. The van der Waals surface area contributed by atoms with E-state index in [1.165, 1.54) is 11.8 Å². The number of carbonyl (C=O) groups excluding carboxylic acids is 2. The second-order valence-corrected chi connectivity index (χ2v) is 9.17. The number of hydrogen-bond donors (Lipinski definition) is 2. The van der Waals surface area contributed by atoms with Crippen LogP contribution in [0.5, 0.6) is 5.75 Å². The number of rotatable bonds is 8. The van der Waals surface area contributed by atoms with Crippen molar-refractivity contribution in [2.75, 3.05) is 12.4 Å². The molecular formula is C25H29N5O3S. The Morgan fingerprint density at radius 2 is 1.88 bits per heavy atom. The number of hydrogen-bond acceptors (Lipinski definition) is 6. The maximum atomic E-state index is 12.4. The highest BCUT2D eigenvalue weighted by Crippen LogP contribution is 2.29. The van der Waals surface area contributed by atoms with Crippen LogP contribution in [0.25, 0.3) is 17.1 Å². The monoisotopic (exact) mass is 479 g/mol. The quantitative estimate of drug-likeness (QED) is 0.462. The van der Waals surface area contributed by atoms with Gasteiger partial charge in [-0.25, -0.2) is 4.79 Å². The molecule has 0 aliphatic heterocycles. The Morgan fingerprint density at radius 1 is 1.12 bits per heavy atom. The minimum atomic E-state index is -0.439. The summed E-state index contributed by atoms with van der Waals surface area (Å²) in [5.74, 6) is 1.12. The van der Waals surface area contributed by atoms with Gasteiger partial charge in [0.15, 0.2) is 11.0 Å². The first-order valence-corrected chi connectivity index (χ1v) is 12.5. The van der Waals surface area contributed by atoms with Crippen LogP contribution in [0, 0.1) is 6.92 Å². The number of urea groups is 1. The number of amides is 3. The number of aromatic nitrogens is 3. The molecule has 8 nitrogen and oxygen atoms in total. The van der Waals surface area contributed by atoms with Crippen LogP contribution in [0.2, 0.25) is 0 Å². The number of carbonyl (C=O) groups is 2. The normalized spacial score (nSPS) is 13.6. The maximum Gasteiger partial charge on any atom is 0.321 e. The number of nitrogens with zero attached hydrogens (tertiary/aromatic N) is 3. The van der Waals surface area contributed by atoms with Crippen molar-refractivity contribution >= 4 is 23.7 Å². The van der Waals surface area contributed by atoms with Gasteiger partial charge in [0.05, 0.1) is 12.4 Å². The molecule has 0 unspecified atom stereocenters. The highest BCUT2D eigenvalue weighted by atomic mass is 32.2. The van der Waals surface area contributed by atoms with Crippen LogP contribution >= 0.6 is 11.8 Å². The zero-order valence-corrected chi connectivity index (χ0v) is 20.2. The average Bonchev–Trinajstić information content (AvgIpc) is 3.48. The van der Waals surface area contributed by atoms with Crippen LogP contribution in [0.1, 0.15) is 38.2 Å². The van der Waals surface area contributed by atoms with Gasteiger partial charge in [-0.3, -0.25) is 14.7 Å². The van der Waals surface area contributed by atoms with E-state index in [1.807, 2.05) is 66.9 Å². The second kappa shape index (κ2) is 11.2. The molecule has 4 rings (SSSR count). The van der Waals surface area contributed by atoms with Crippen molar-refractivity contribution in [3.8, 4) is 22.8 Å². The Morgan fingerprint density at radius 3 is 2.59 bits per heavy atom. The third-order valence-electron chi connectivity index (χ3n) is 5.59. The van der Waals surface area contributed by atoms with Crippen LogP contribution in [0.15, 0.2) is 53.7 Å². The topological polar surface area (TPSA) is 98.1 Å². The van der Waals surface area contributed by atoms with Gasteiger partial charge in [0.25, 0.3) is 0 Å². The van der Waals surface area contributed by atoms with Crippen LogP contribution in [-0.2, 0) is 4.79 Å². The Labute approximate surface area is 203 Å². The van der Waals surface area contributed by atoms with E-state index in [-0.39, 0.29) is 17.7 Å². The van der Waals surface area contributed by atoms with Gasteiger partial charge in [0.1, 0.15) is 5.75 Å². The Kier molecular flexibility index (Phi) is 7.84. The molecule has 0 spiro atoms. The fourth-order valence-corrected chi connectivity index (χ4v) is 4.76. The van der Waals surface area contributed by atoms with Crippen LogP contribution < -0.4 is 15.4 Å². The van der Waals surface area contributed by atoms with Gasteiger partial charge in [-0.2, -0.15) is 0 Å². The molecule has 1 aromatic heterocycles. The van der Waals surface area contributed by atoms with Gasteiger partial charge in [-0.1, -0.05) is 48.4 Å². The molecule has 34 heavy (non-hydrogen) atoms. The summed E-state index contributed by atoms with van der Waals surface area (Å²) in [5.41, 5.74) is 2.89. The highest BCUT2D eigenvalue weighted by molar-refractivity contribution is 7.99. The fourth-order valence-electron chi connectivity index (χ4n) is 4.01. The summed E-state index contributed by atoms with van der Waals surface area (Å²) in [6, 6.07) is 15.4. The van der Waals surface area contributed by atoms with E-state index in [0.717, 1.165) is 48.2 Å². The molecule has 9 heteroatoms. The summed E-state index contributed by atoms with van der Waals surface area (Å²) < 4.78 is 7.48. The molecule has 1 aliphatic rings. The number of ether oxygens (including phenoxy) is 1. The molecule has 0 saturated heterocycles. The predicted molar refractivity (Wildman–Crippen MR) is 132 cm³/mol. The van der Waals surface area contributed by atoms with Gasteiger partial charge in [0, 0.05) is 17.3 Å². The van der Waals surface area contributed by atoms with E-state index in [4.69, 9.17) is 4.74 Å². The van der Waals surface area contributed by atoms with E-state index in [9.17, 15) is 9.59 Å². The number of aryl methyl sites for hydroxylation is 1. The van der Waals surface area contributed by atoms with E-state index < -0.39 is 6.03 Å². The van der Waals surface area contributed by atoms with Crippen molar-refractivity contribution in [1.29, 1.82) is 0 Å². The molecule has 3 amide bonds. The largest absolute Gasteiger partial charge is 0.494 e. The lowest BCUT2D eigenvalue weighted by Crippen LogP contribution is -2.44. The summed E-state index contributed by atoms with van der Waals surface area (Å²) in [6.07, 6.45) is 4.14. The first-order valence-electron chi connectivity index (χ1n) is 11.5. The lowest BCUT2D eigenvalue weighted by Gasteiger charge is -2.13. The standard InChI is InChI=1S/C25H29N5O3S/c1-3-33-21-13-11-20(12-14-21)30-23(18-8-6-7-17(2)15-18)28-29-25(30)34-16-22(31)27-24(32)26-19-9-4-5-10-19/h6-8,11-15,19H,3-5,9-10,16H2,1-2H3,(H2,26,27,31,32). The molecule has 0 atom stereocenters. The number of nitrogens with one attached hydrogen (secondary N) is 2. The Balaban J connectivity index is 1.52. The van der Waals surface area contributed by atoms with Crippen molar-refractivity contribution in [3.63, 3.8) is 0 Å². The van der Waals surface area contributed by atoms with E-state index in [1.54, 1.807) is 0 Å². The summed E-state index contributed by atoms with van der Waals surface area (Å²) in [4.78, 5) is 24.5. The third-order valence-corrected chi connectivity index (χ3v) is 6.52. The van der Waals surface area contributed by atoms with E-state index >= 15 is 0 Å².